The molecule has 1 N–H and O–H groups in total. The van der Waals surface area contributed by atoms with Crippen LogP contribution in [0.25, 0.3) is 0 Å². The van der Waals surface area contributed by atoms with Crippen LogP contribution >= 0.6 is 0 Å². The average Bonchev–Trinajstić information content (AvgIpc) is 2.71. The Labute approximate surface area is 179 Å². The van der Waals surface area contributed by atoms with E-state index >= 15 is 0 Å². The van der Waals surface area contributed by atoms with E-state index in [0.717, 1.165) is 6.42 Å². The van der Waals surface area contributed by atoms with E-state index in [4.69, 9.17) is 5.11 Å². The van der Waals surface area contributed by atoms with Gasteiger partial charge in [0.25, 0.3) is 0 Å². The third-order valence-electron chi connectivity index (χ3n) is 5.12. The summed E-state index contributed by atoms with van der Waals surface area (Å²) in [7, 11) is 0. The molecule has 0 aromatic carbocycles. The fraction of sp³-hybridized carbons (Fsp3) is 0.852. The van der Waals surface area contributed by atoms with Crippen LogP contribution in [-0.4, -0.2) is 11.7 Å². The first-order valence-electron chi connectivity index (χ1n) is 12.7. The van der Waals surface area contributed by atoms with Crippen LogP contribution in [0.2, 0.25) is 0 Å². The lowest BCUT2D eigenvalue weighted by molar-refractivity contribution is 0.342. The molecule has 0 saturated heterocycles. The monoisotopic (exact) mass is 394 g/mol. The SMILES string of the molecule is CC/C=C/CCCCCCCCCC.CCCCCCCCCC/C=C/CO. The molecule has 1 nitrogen and oxygen atoms in total. The van der Waals surface area contributed by atoms with Crippen LogP contribution in [0.5, 0.6) is 0 Å². The van der Waals surface area contributed by atoms with Crippen LogP contribution in [-0.2, 0) is 0 Å². The molecule has 0 atom stereocenters. The van der Waals surface area contributed by atoms with E-state index in [1.165, 1.54) is 116 Å². The zero-order valence-electron chi connectivity index (χ0n) is 19.9. The predicted octanol–water partition coefficient (Wildman–Crippen LogP) is 9.55. The minimum Gasteiger partial charge on any atom is -0.392 e. The van der Waals surface area contributed by atoms with Gasteiger partial charge in [-0.3, -0.25) is 0 Å². The molecule has 0 aromatic heterocycles. The highest BCUT2D eigenvalue weighted by molar-refractivity contribution is 4.80. The van der Waals surface area contributed by atoms with Crippen LogP contribution in [0.1, 0.15) is 143 Å². The maximum atomic E-state index is 8.50. The van der Waals surface area contributed by atoms with Gasteiger partial charge in [-0.05, 0) is 32.1 Å². The van der Waals surface area contributed by atoms with Gasteiger partial charge in [-0.25, -0.2) is 0 Å². The number of hydrogen-bond acceptors (Lipinski definition) is 1. The third-order valence-corrected chi connectivity index (χ3v) is 5.12. The fourth-order valence-electron chi connectivity index (χ4n) is 3.27. The normalized spacial score (nSPS) is 11.3. The summed E-state index contributed by atoms with van der Waals surface area (Å²) in [6, 6.07) is 0. The Morgan fingerprint density at radius 2 is 0.786 bits per heavy atom. The molecule has 0 fully saturated rings. The highest BCUT2D eigenvalue weighted by atomic mass is 16.2. The van der Waals surface area contributed by atoms with Crippen molar-refractivity contribution in [2.45, 2.75) is 143 Å². The summed E-state index contributed by atoms with van der Waals surface area (Å²) in [5, 5.41) is 8.50. The van der Waals surface area contributed by atoms with Gasteiger partial charge in [0.1, 0.15) is 0 Å². The van der Waals surface area contributed by atoms with Crippen molar-refractivity contribution in [3.8, 4) is 0 Å². The maximum Gasteiger partial charge on any atom is 0.0612 e. The number of rotatable bonds is 20. The Kier molecular flexibility index (Phi) is 33.0. The van der Waals surface area contributed by atoms with Crippen molar-refractivity contribution >= 4 is 0 Å². The molecule has 0 rings (SSSR count). The molecule has 0 amide bonds. The smallest absolute Gasteiger partial charge is 0.0612 e. The maximum absolute atomic E-state index is 8.50. The first kappa shape index (κ1) is 29.6. The lowest BCUT2D eigenvalue weighted by Gasteiger charge is -1.99. The topological polar surface area (TPSA) is 20.2 Å². The van der Waals surface area contributed by atoms with Crippen LogP contribution in [0.15, 0.2) is 24.3 Å². The van der Waals surface area contributed by atoms with Crippen molar-refractivity contribution in [2.75, 3.05) is 6.61 Å². The van der Waals surface area contributed by atoms with E-state index in [0.29, 0.717) is 0 Å². The quantitative estimate of drug-likeness (QED) is 0.161. The van der Waals surface area contributed by atoms with Crippen molar-refractivity contribution in [1.82, 2.24) is 0 Å². The molecule has 0 bridgehead atoms. The summed E-state index contributed by atoms with van der Waals surface area (Å²) in [5.74, 6) is 0. The molecule has 168 valence electrons. The predicted molar refractivity (Wildman–Crippen MR) is 130 cm³/mol. The number of hydrogen-bond donors (Lipinski definition) is 1. The van der Waals surface area contributed by atoms with E-state index in [1.54, 1.807) is 0 Å². The molecule has 0 spiro atoms. The van der Waals surface area contributed by atoms with Crippen LogP contribution < -0.4 is 0 Å². The molecule has 0 aliphatic carbocycles. The molecule has 0 aliphatic rings. The molecule has 0 radical (unpaired) electrons. The van der Waals surface area contributed by atoms with Crippen molar-refractivity contribution in [3.63, 3.8) is 0 Å². The van der Waals surface area contributed by atoms with Gasteiger partial charge in [0.2, 0.25) is 0 Å². The third kappa shape index (κ3) is 33.1. The van der Waals surface area contributed by atoms with Gasteiger partial charge in [-0.2, -0.15) is 0 Å². The van der Waals surface area contributed by atoms with Crippen molar-refractivity contribution < 1.29 is 5.11 Å². The zero-order valence-corrected chi connectivity index (χ0v) is 19.9. The van der Waals surface area contributed by atoms with Gasteiger partial charge < -0.3 is 5.11 Å². The Bertz CT molecular complexity index is 263. The number of aliphatic hydroxyl groups excluding tert-OH is 1. The number of allylic oxidation sites excluding steroid dienone is 3. The Morgan fingerprint density at radius 3 is 1.14 bits per heavy atom. The first-order chi connectivity index (χ1) is 13.8. The summed E-state index contributed by atoms with van der Waals surface area (Å²) < 4.78 is 0. The highest BCUT2D eigenvalue weighted by Crippen LogP contribution is 2.10. The molecule has 0 saturated carbocycles. The minimum atomic E-state index is 0.191. The van der Waals surface area contributed by atoms with Crippen molar-refractivity contribution in [2.24, 2.45) is 0 Å². The molecule has 0 heterocycles. The molecule has 1 heteroatoms. The Hall–Kier alpha value is -0.560. The fourth-order valence-corrected chi connectivity index (χ4v) is 3.27. The van der Waals surface area contributed by atoms with E-state index in [9.17, 15) is 0 Å². The largest absolute Gasteiger partial charge is 0.392 e. The Morgan fingerprint density at radius 1 is 0.429 bits per heavy atom. The highest BCUT2D eigenvalue weighted by Gasteiger charge is 1.90. The van der Waals surface area contributed by atoms with Crippen molar-refractivity contribution in [3.05, 3.63) is 24.3 Å². The van der Waals surface area contributed by atoms with Gasteiger partial charge >= 0.3 is 0 Å². The molecule has 0 aromatic rings. The van der Waals surface area contributed by atoms with Gasteiger partial charge in [0.05, 0.1) is 6.61 Å². The summed E-state index contributed by atoms with van der Waals surface area (Å²) in [5.41, 5.74) is 0. The molecule has 28 heavy (non-hydrogen) atoms. The van der Waals surface area contributed by atoms with Gasteiger partial charge in [-0.15, -0.1) is 0 Å². The lowest BCUT2D eigenvalue weighted by Crippen LogP contribution is -1.80. The second-order valence-corrected chi connectivity index (χ2v) is 8.06. The Balaban J connectivity index is 0. The summed E-state index contributed by atoms with van der Waals surface area (Å²) >= 11 is 0. The van der Waals surface area contributed by atoms with E-state index in [1.807, 2.05) is 6.08 Å². The summed E-state index contributed by atoms with van der Waals surface area (Å²) in [4.78, 5) is 0. The van der Waals surface area contributed by atoms with E-state index in [2.05, 4.69) is 39.0 Å². The average molecular weight is 395 g/mol. The second kappa shape index (κ2) is 31.1. The number of unbranched alkanes of at least 4 members (excludes halogenated alkanes) is 16. The van der Waals surface area contributed by atoms with E-state index < -0.39 is 0 Å². The zero-order chi connectivity index (χ0) is 21.0. The molecule has 0 unspecified atom stereocenters. The number of aliphatic hydroxyl groups is 1. The summed E-state index contributed by atoms with van der Waals surface area (Å²) in [6.45, 7) is 6.93. The van der Waals surface area contributed by atoms with Crippen LogP contribution in [0.4, 0.5) is 0 Å². The van der Waals surface area contributed by atoms with Gasteiger partial charge in [0, 0.05) is 0 Å². The van der Waals surface area contributed by atoms with Crippen LogP contribution in [0, 0.1) is 0 Å². The van der Waals surface area contributed by atoms with Crippen molar-refractivity contribution in [1.29, 1.82) is 0 Å². The molecule has 0 aliphatic heterocycles. The lowest BCUT2D eigenvalue weighted by atomic mass is 10.1. The standard InChI is InChI=1S/C14H28.C13H26O/c1-3-5-7-9-11-13-14-12-10-8-6-4-2;1-2-3-4-5-6-7-8-9-10-11-12-13-14/h5,7H,3-4,6,8-14H2,1-2H3;11-12,14H,2-10,13H2,1H3/b7-5+;12-11+. The van der Waals surface area contributed by atoms with E-state index in [-0.39, 0.29) is 6.61 Å². The van der Waals surface area contributed by atoms with Crippen LogP contribution in [0.3, 0.4) is 0 Å². The summed E-state index contributed by atoms with van der Waals surface area (Å²) in [6.07, 6.45) is 34.6. The molecular formula is C27H54O. The second-order valence-electron chi connectivity index (χ2n) is 8.06. The minimum absolute atomic E-state index is 0.191. The van der Waals surface area contributed by atoms with Gasteiger partial charge in [-0.1, -0.05) is 135 Å². The first-order valence-corrected chi connectivity index (χ1v) is 12.7. The molecular weight excluding hydrogens is 340 g/mol. The van der Waals surface area contributed by atoms with Gasteiger partial charge in [0.15, 0.2) is 0 Å².